The first-order valence-electron chi connectivity index (χ1n) is 15.1. The minimum atomic E-state index is -0.806. The van der Waals surface area contributed by atoms with Crippen molar-refractivity contribution in [3.63, 3.8) is 0 Å². The Morgan fingerprint density at radius 1 is 0.600 bits per heavy atom. The van der Waals surface area contributed by atoms with Crippen molar-refractivity contribution in [1.29, 1.82) is 0 Å². The Hall–Kier alpha value is -1.32. The summed E-state index contributed by atoms with van der Waals surface area (Å²) in [4.78, 5) is 24.0. The van der Waals surface area contributed by atoms with E-state index in [9.17, 15) is 9.59 Å². The Balaban J connectivity index is 3.48. The van der Waals surface area contributed by atoms with Gasteiger partial charge in [-0.2, -0.15) is 0 Å². The van der Waals surface area contributed by atoms with Crippen molar-refractivity contribution >= 4 is 11.9 Å². The fourth-order valence-electron chi connectivity index (χ4n) is 4.17. The molecule has 0 heterocycles. The lowest BCUT2D eigenvalue weighted by Gasteiger charge is -2.13. The molecule has 0 aliphatic rings. The number of carbonyl (C=O) groups excluding carboxylic acids is 2. The second-order valence-corrected chi connectivity index (χ2v) is 10.1. The summed E-state index contributed by atoms with van der Waals surface area (Å²) in [5.74, 6) is -0.718. The Morgan fingerprint density at radius 3 is 1.54 bits per heavy atom. The molecule has 0 aromatic heterocycles. The van der Waals surface area contributed by atoms with Crippen molar-refractivity contribution in [3.05, 3.63) is 12.2 Å². The van der Waals surface area contributed by atoms with Gasteiger partial charge in [-0.15, -0.1) is 0 Å². The number of carbonyl (C=O) groups is 2. The highest BCUT2D eigenvalue weighted by Gasteiger charge is 2.18. The van der Waals surface area contributed by atoms with Crippen molar-refractivity contribution < 1.29 is 19.1 Å². The van der Waals surface area contributed by atoms with Gasteiger partial charge in [0.1, 0.15) is 0 Å². The normalized spacial score (nSPS) is 12.2. The van der Waals surface area contributed by atoms with E-state index in [1.54, 1.807) is 6.92 Å². The van der Waals surface area contributed by atoms with E-state index in [0.29, 0.717) is 13.0 Å². The minimum absolute atomic E-state index is 0.292. The van der Waals surface area contributed by atoms with Crippen LogP contribution < -0.4 is 0 Å². The van der Waals surface area contributed by atoms with Crippen LogP contribution >= 0.6 is 0 Å². The monoisotopic (exact) mass is 494 g/mol. The molecule has 35 heavy (non-hydrogen) atoms. The van der Waals surface area contributed by atoms with Crippen LogP contribution in [-0.4, -0.2) is 24.6 Å². The highest BCUT2D eigenvalue weighted by Crippen LogP contribution is 2.11. The summed E-state index contributed by atoms with van der Waals surface area (Å²) in [6, 6.07) is 0. The number of unbranched alkanes of at least 4 members (excludes halogenated alkanes) is 18. The fourth-order valence-corrected chi connectivity index (χ4v) is 4.17. The maximum absolute atomic E-state index is 12.0. The lowest BCUT2D eigenvalue weighted by atomic mass is 10.1. The van der Waals surface area contributed by atoms with Gasteiger partial charge in [-0.1, -0.05) is 122 Å². The van der Waals surface area contributed by atoms with E-state index in [-0.39, 0.29) is 5.97 Å². The molecular weight excluding hydrogens is 436 g/mol. The third-order valence-electron chi connectivity index (χ3n) is 6.53. The second kappa shape index (κ2) is 27.3. The van der Waals surface area contributed by atoms with Crippen molar-refractivity contribution in [2.45, 2.75) is 168 Å². The molecule has 0 aliphatic carbocycles. The van der Waals surface area contributed by atoms with Crippen LogP contribution in [0.25, 0.3) is 0 Å². The van der Waals surface area contributed by atoms with Crippen LogP contribution in [0.15, 0.2) is 12.2 Å². The molecule has 1 unspecified atom stereocenters. The van der Waals surface area contributed by atoms with E-state index in [0.717, 1.165) is 38.5 Å². The van der Waals surface area contributed by atoms with Crippen LogP contribution in [0, 0.1) is 0 Å². The molecule has 1 atom stereocenters. The number of hydrogen-bond acceptors (Lipinski definition) is 4. The zero-order valence-electron chi connectivity index (χ0n) is 23.6. The highest BCUT2D eigenvalue weighted by molar-refractivity contribution is 5.78. The molecule has 0 saturated heterocycles. The first-order valence-corrected chi connectivity index (χ1v) is 15.1. The topological polar surface area (TPSA) is 52.6 Å². The average Bonchev–Trinajstić information content (AvgIpc) is 2.85. The van der Waals surface area contributed by atoms with Gasteiger partial charge in [0.05, 0.1) is 6.61 Å². The van der Waals surface area contributed by atoms with Gasteiger partial charge >= 0.3 is 11.9 Å². The molecule has 0 aliphatic heterocycles. The zero-order valence-corrected chi connectivity index (χ0v) is 23.6. The first-order chi connectivity index (χ1) is 17.1. The Bertz CT molecular complexity index is 500. The van der Waals surface area contributed by atoms with Crippen molar-refractivity contribution in [2.75, 3.05) is 6.61 Å². The van der Waals surface area contributed by atoms with Gasteiger partial charge in [-0.05, 0) is 45.4 Å². The van der Waals surface area contributed by atoms with Gasteiger partial charge in [0, 0.05) is 6.42 Å². The highest BCUT2D eigenvalue weighted by atomic mass is 16.6. The molecule has 0 aromatic carbocycles. The van der Waals surface area contributed by atoms with Crippen molar-refractivity contribution in [2.24, 2.45) is 0 Å². The van der Waals surface area contributed by atoms with E-state index >= 15 is 0 Å². The zero-order chi connectivity index (χ0) is 25.8. The number of ether oxygens (including phenoxy) is 2. The van der Waals surface area contributed by atoms with Gasteiger partial charge in [0.15, 0.2) is 6.10 Å². The summed E-state index contributed by atoms with van der Waals surface area (Å²) < 4.78 is 10.5. The van der Waals surface area contributed by atoms with E-state index in [1.807, 2.05) is 0 Å². The molecule has 0 saturated carbocycles. The van der Waals surface area contributed by atoms with Gasteiger partial charge in [-0.25, -0.2) is 4.79 Å². The molecule has 0 bridgehead atoms. The van der Waals surface area contributed by atoms with Gasteiger partial charge in [0.2, 0.25) is 0 Å². The standard InChI is InChI=1S/C31H58O4/c1-4-6-8-10-12-14-15-16-17-18-19-20-21-23-25-27-30(32)35-29(3)31(33)34-28-26-24-22-13-11-9-7-5-2/h16-17,29H,4-15,18-28H2,1-3H3/b17-16-. The van der Waals surface area contributed by atoms with Gasteiger partial charge < -0.3 is 9.47 Å². The summed E-state index contributed by atoms with van der Waals surface area (Å²) in [5, 5.41) is 0. The van der Waals surface area contributed by atoms with Crippen LogP contribution in [0.1, 0.15) is 162 Å². The molecule has 0 N–H and O–H groups in total. The van der Waals surface area contributed by atoms with Gasteiger partial charge in [-0.3, -0.25) is 4.79 Å². The molecule has 0 fully saturated rings. The van der Waals surface area contributed by atoms with Crippen LogP contribution in [0.3, 0.4) is 0 Å². The third-order valence-corrected chi connectivity index (χ3v) is 6.53. The molecule has 0 aromatic rings. The number of rotatable bonds is 26. The smallest absolute Gasteiger partial charge is 0.347 e. The maximum atomic E-state index is 12.0. The van der Waals surface area contributed by atoms with E-state index in [4.69, 9.17) is 9.47 Å². The number of allylic oxidation sites excluding steroid dienone is 2. The SMILES string of the molecule is CCCCCCCC/C=C\CCCCCCCC(=O)OC(C)C(=O)OCCCCCCCCCC. The summed E-state index contributed by atoms with van der Waals surface area (Å²) in [7, 11) is 0. The summed E-state index contributed by atoms with van der Waals surface area (Å²) in [6.45, 7) is 6.51. The molecule has 4 nitrogen and oxygen atoms in total. The second-order valence-electron chi connectivity index (χ2n) is 10.1. The quantitative estimate of drug-likeness (QED) is 0.0682. The largest absolute Gasteiger partial charge is 0.463 e. The van der Waals surface area contributed by atoms with Crippen molar-refractivity contribution in [1.82, 2.24) is 0 Å². The fraction of sp³-hybridized carbons (Fsp3) is 0.871. The van der Waals surface area contributed by atoms with E-state index in [2.05, 4.69) is 26.0 Å². The Labute approximate surface area is 218 Å². The summed E-state index contributed by atoms with van der Waals surface area (Å²) in [5.41, 5.74) is 0. The first kappa shape index (κ1) is 33.7. The maximum Gasteiger partial charge on any atom is 0.347 e. The molecule has 0 rings (SSSR count). The van der Waals surface area contributed by atoms with Crippen LogP contribution in [0.4, 0.5) is 0 Å². The van der Waals surface area contributed by atoms with E-state index < -0.39 is 12.1 Å². The summed E-state index contributed by atoms with van der Waals surface area (Å²) >= 11 is 0. The average molecular weight is 495 g/mol. The molecule has 4 heteroatoms. The predicted molar refractivity (Wildman–Crippen MR) is 149 cm³/mol. The van der Waals surface area contributed by atoms with E-state index in [1.165, 1.54) is 96.3 Å². The molecular formula is C31H58O4. The lowest BCUT2D eigenvalue weighted by molar-refractivity contribution is -0.166. The van der Waals surface area contributed by atoms with Crippen LogP contribution in [0.5, 0.6) is 0 Å². The molecule has 0 radical (unpaired) electrons. The molecule has 0 amide bonds. The summed E-state index contributed by atoms with van der Waals surface area (Å²) in [6.07, 6.45) is 29.9. The van der Waals surface area contributed by atoms with Crippen LogP contribution in [0.2, 0.25) is 0 Å². The molecule has 206 valence electrons. The lowest BCUT2D eigenvalue weighted by Crippen LogP contribution is -2.26. The molecule has 0 spiro atoms. The van der Waals surface area contributed by atoms with Crippen molar-refractivity contribution in [3.8, 4) is 0 Å². The van der Waals surface area contributed by atoms with Crippen LogP contribution in [-0.2, 0) is 19.1 Å². The predicted octanol–water partition coefficient (Wildman–Crippen LogP) is 9.64. The third kappa shape index (κ3) is 25.6. The number of hydrogen-bond donors (Lipinski definition) is 0. The minimum Gasteiger partial charge on any atom is -0.463 e. The Kier molecular flexibility index (Phi) is 26.2. The number of esters is 2. The van der Waals surface area contributed by atoms with Gasteiger partial charge in [0.25, 0.3) is 0 Å². The Morgan fingerprint density at radius 2 is 1.03 bits per heavy atom.